The van der Waals surface area contributed by atoms with Crippen LogP contribution >= 0.6 is 15.9 Å². The number of nitro benzene ring substituents is 1. The van der Waals surface area contributed by atoms with Crippen LogP contribution in [0.5, 0.6) is 0 Å². The Bertz CT molecular complexity index is 903. The first-order valence-electron chi connectivity index (χ1n) is 7.35. The zero-order chi connectivity index (χ0) is 18.6. The second-order valence-corrected chi connectivity index (χ2v) is 8.35. The number of halogens is 2. The van der Waals surface area contributed by atoms with Crippen molar-refractivity contribution in [2.24, 2.45) is 0 Å². The van der Waals surface area contributed by atoms with Gasteiger partial charge in [0.1, 0.15) is 16.4 Å². The lowest BCUT2D eigenvalue weighted by atomic mass is 10.1. The number of aryl methyl sites for hydroxylation is 1. The molecule has 0 aliphatic heterocycles. The number of benzene rings is 2. The van der Waals surface area contributed by atoms with Crippen LogP contribution < -0.4 is 5.32 Å². The molecule has 0 aliphatic carbocycles. The number of nitrogens with zero attached hydrogens (tertiary/aromatic N) is 1. The molecule has 9 heteroatoms. The van der Waals surface area contributed by atoms with Crippen LogP contribution in [0.4, 0.5) is 15.8 Å². The van der Waals surface area contributed by atoms with E-state index < -0.39 is 20.4 Å². The molecule has 0 amide bonds. The normalized spacial score (nSPS) is 11.3. The standard InChI is InChI=1S/C16H16BrFN2O4S/c1-25(23,24)15-6-2-5-14(16(15)20(21)22)19-9-3-4-11-7-8-12(17)10-13(11)18/h2,5-8,10,19H,3-4,9H2,1H3. The topological polar surface area (TPSA) is 89.3 Å². The summed E-state index contributed by atoms with van der Waals surface area (Å²) in [4.78, 5) is 10.2. The monoisotopic (exact) mass is 430 g/mol. The maximum absolute atomic E-state index is 13.7. The Kier molecular flexibility index (Phi) is 6.12. The third-order valence-corrected chi connectivity index (χ3v) is 5.16. The molecule has 1 N–H and O–H groups in total. The molecular formula is C16H16BrFN2O4S. The number of sulfone groups is 1. The van der Waals surface area contributed by atoms with Crippen molar-refractivity contribution in [3.63, 3.8) is 0 Å². The van der Waals surface area contributed by atoms with Gasteiger partial charge in [-0.25, -0.2) is 12.8 Å². The van der Waals surface area contributed by atoms with Gasteiger partial charge in [-0.2, -0.15) is 0 Å². The first-order valence-corrected chi connectivity index (χ1v) is 10.0. The number of nitro groups is 1. The molecule has 0 aromatic heterocycles. The fraction of sp³-hybridized carbons (Fsp3) is 0.250. The highest BCUT2D eigenvalue weighted by Gasteiger charge is 2.25. The SMILES string of the molecule is CS(=O)(=O)c1cccc(NCCCc2ccc(Br)cc2F)c1[N+](=O)[O-]. The van der Waals surface area contributed by atoms with Crippen LogP contribution in [0.3, 0.4) is 0 Å². The highest BCUT2D eigenvalue weighted by atomic mass is 79.9. The molecule has 0 unspecified atom stereocenters. The Morgan fingerprint density at radius 1 is 1.28 bits per heavy atom. The van der Waals surface area contributed by atoms with Gasteiger partial charge < -0.3 is 5.32 Å². The predicted molar refractivity (Wildman–Crippen MR) is 97.1 cm³/mol. The molecule has 0 saturated heterocycles. The molecule has 2 rings (SSSR count). The van der Waals surface area contributed by atoms with Gasteiger partial charge in [0.05, 0.1) is 4.92 Å². The highest BCUT2D eigenvalue weighted by molar-refractivity contribution is 9.10. The average molecular weight is 431 g/mol. The molecule has 134 valence electrons. The molecule has 0 heterocycles. The van der Waals surface area contributed by atoms with Gasteiger partial charge in [-0.1, -0.05) is 28.1 Å². The van der Waals surface area contributed by atoms with E-state index in [0.29, 0.717) is 29.4 Å². The molecule has 0 aliphatic rings. The number of hydrogen-bond donors (Lipinski definition) is 1. The van der Waals surface area contributed by atoms with Crippen LogP contribution in [0.15, 0.2) is 45.8 Å². The van der Waals surface area contributed by atoms with Gasteiger partial charge in [0.15, 0.2) is 9.84 Å². The maximum atomic E-state index is 13.7. The Hall–Kier alpha value is -2.00. The first kappa shape index (κ1) is 19.3. The number of para-hydroxylation sites is 1. The van der Waals surface area contributed by atoms with Crippen molar-refractivity contribution in [2.75, 3.05) is 18.1 Å². The van der Waals surface area contributed by atoms with Gasteiger partial charge in [-0.05, 0) is 42.7 Å². The number of rotatable bonds is 7. The molecule has 0 saturated carbocycles. The van der Waals surface area contributed by atoms with Crippen LogP contribution in [0, 0.1) is 15.9 Å². The molecule has 0 atom stereocenters. The quantitative estimate of drug-likeness (QED) is 0.408. The van der Waals surface area contributed by atoms with E-state index in [1.165, 1.54) is 24.3 Å². The van der Waals surface area contributed by atoms with Crippen molar-refractivity contribution < 1.29 is 17.7 Å². The van der Waals surface area contributed by atoms with Crippen molar-refractivity contribution in [3.8, 4) is 0 Å². The summed E-state index contributed by atoms with van der Waals surface area (Å²) in [6, 6.07) is 8.89. The van der Waals surface area contributed by atoms with Crippen LogP contribution in [0.2, 0.25) is 0 Å². The maximum Gasteiger partial charge on any atom is 0.310 e. The molecule has 2 aromatic rings. The van der Waals surface area contributed by atoms with E-state index in [1.54, 1.807) is 12.1 Å². The molecule has 6 nitrogen and oxygen atoms in total. The summed E-state index contributed by atoms with van der Waals surface area (Å²) in [5.74, 6) is -0.320. The van der Waals surface area contributed by atoms with E-state index in [0.717, 1.165) is 6.26 Å². The summed E-state index contributed by atoms with van der Waals surface area (Å²) < 4.78 is 37.8. The largest absolute Gasteiger partial charge is 0.379 e. The summed E-state index contributed by atoms with van der Waals surface area (Å²) >= 11 is 3.19. The number of anilines is 1. The Balaban J connectivity index is 2.09. The van der Waals surface area contributed by atoms with Crippen molar-refractivity contribution in [1.82, 2.24) is 0 Å². The lowest BCUT2D eigenvalue weighted by Gasteiger charge is -2.10. The summed E-state index contributed by atoms with van der Waals surface area (Å²) in [6.07, 6.45) is 1.90. The number of hydrogen-bond acceptors (Lipinski definition) is 5. The summed E-state index contributed by atoms with van der Waals surface area (Å²) in [7, 11) is -3.72. The van der Waals surface area contributed by atoms with Crippen molar-refractivity contribution >= 4 is 37.1 Å². The van der Waals surface area contributed by atoms with Crippen LogP contribution in [-0.4, -0.2) is 26.1 Å². The van der Waals surface area contributed by atoms with Crippen molar-refractivity contribution in [2.45, 2.75) is 17.7 Å². The van der Waals surface area contributed by atoms with Crippen LogP contribution in [0.25, 0.3) is 0 Å². The van der Waals surface area contributed by atoms with Gasteiger partial charge in [-0.3, -0.25) is 10.1 Å². The van der Waals surface area contributed by atoms with Gasteiger partial charge in [-0.15, -0.1) is 0 Å². The van der Waals surface area contributed by atoms with E-state index in [1.807, 2.05) is 0 Å². The van der Waals surface area contributed by atoms with E-state index in [9.17, 15) is 22.9 Å². The Morgan fingerprint density at radius 3 is 2.60 bits per heavy atom. The van der Waals surface area contributed by atoms with E-state index in [2.05, 4.69) is 21.2 Å². The first-order chi connectivity index (χ1) is 11.7. The second-order valence-electron chi connectivity index (χ2n) is 5.45. The van der Waals surface area contributed by atoms with E-state index in [-0.39, 0.29) is 16.4 Å². The third-order valence-electron chi connectivity index (χ3n) is 3.53. The Morgan fingerprint density at radius 2 is 2.00 bits per heavy atom. The van der Waals surface area contributed by atoms with E-state index >= 15 is 0 Å². The smallest absolute Gasteiger partial charge is 0.310 e. The summed E-state index contributed by atoms with van der Waals surface area (Å²) in [5, 5.41) is 14.1. The van der Waals surface area contributed by atoms with E-state index in [4.69, 9.17) is 0 Å². The predicted octanol–water partition coefficient (Wildman–Crippen LogP) is 3.94. The van der Waals surface area contributed by atoms with Crippen LogP contribution in [0.1, 0.15) is 12.0 Å². The third kappa shape index (κ3) is 4.99. The fourth-order valence-corrected chi connectivity index (χ4v) is 3.57. The molecule has 2 aromatic carbocycles. The molecule has 0 spiro atoms. The second kappa shape index (κ2) is 7.92. The van der Waals surface area contributed by atoms with Crippen LogP contribution in [-0.2, 0) is 16.3 Å². The molecular weight excluding hydrogens is 415 g/mol. The minimum Gasteiger partial charge on any atom is -0.379 e. The Labute approximate surface area is 153 Å². The minimum atomic E-state index is -3.72. The van der Waals surface area contributed by atoms with Gasteiger partial charge >= 0.3 is 5.69 Å². The van der Waals surface area contributed by atoms with Crippen molar-refractivity contribution in [3.05, 3.63) is 62.4 Å². The number of nitrogens with one attached hydrogen (secondary N) is 1. The lowest BCUT2D eigenvalue weighted by Crippen LogP contribution is -2.09. The molecule has 0 fully saturated rings. The van der Waals surface area contributed by atoms with Gasteiger partial charge in [0, 0.05) is 17.3 Å². The molecule has 0 radical (unpaired) electrons. The van der Waals surface area contributed by atoms with Crippen molar-refractivity contribution in [1.29, 1.82) is 0 Å². The zero-order valence-corrected chi connectivity index (χ0v) is 15.7. The fourth-order valence-electron chi connectivity index (χ4n) is 2.38. The lowest BCUT2D eigenvalue weighted by molar-refractivity contribution is -0.386. The molecule has 0 bridgehead atoms. The molecule has 25 heavy (non-hydrogen) atoms. The van der Waals surface area contributed by atoms with Gasteiger partial charge in [0.2, 0.25) is 0 Å². The average Bonchev–Trinajstić information content (AvgIpc) is 2.51. The summed E-state index contributed by atoms with van der Waals surface area (Å²) in [6.45, 7) is 0.337. The van der Waals surface area contributed by atoms with Gasteiger partial charge in [0.25, 0.3) is 0 Å². The zero-order valence-electron chi connectivity index (χ0n) is 13.3. The highest BCUT2D eigenvalue weighted by Crippen LogP contribution is 2.31. The summed E-state index contributed by atoms with van der Waals surface area (Å²) in [5.41, 5.74) is 0.202. The minimum absolute atomic E-state index is 0.129.